The van der Waals surface area contributed by atoms with E-state index in [0.717, 1.165) is 49.5 Å². The molecule has 7 heteroatoms. The van der Waals surface area contributed by atoms with Gasteiger partial charge in [0.15, 0.2) is 0 Å². The van der Waals surface area contributed by atoms with Crippen LogP contribution in [0.1, 0.15) is 32.1 Å². The fourth-order valence-electron chi connectivity index (χ4n) is 3.63. The molecule has 0 radical (unpaired) electrons. The van der Waals surface area contributed by atoms with Gasteiger partial charge in [0.2, 0.25) is 5.91 Å². The van der Waals surface area contributed by atoms with Gasteiger partial charge >= 0.3 is 0 Å². The molecule has 1 amide bonds. The van der Waals surface area contributed by atoms with Gasteiger partial charge in [-0.2, -0.15) is 0 Å². The van der Waals surface area contributed by atoms with Crippen LogP contribution < -0.4 is 16.0 Å². The van der Waals surface area contributed by atoms with Crippen molar-refractivity contribution < 1.29 is 4.79 Å². The second-order valence-corrected chi connectivity index (χ2v) is 6.97. The molecular formula is C17H26Cl3N3O. The van der Waals surface area contributed by atoms with Crippen molar-refractivity contribution in [2.45, 2.75) is 44.2 Å². The predicted molar refractivity (Wildman–Crippen MR) is 105 cm³/mol. The number of anilines is 1. The first kappa shape index (κ1) is 21.4. The van der Waals surface area contributed by atoms with E-state index in [1.54, 1.807) is 0 Å². The van der Waals surface area contributed by atoms with Gasteiger partial charge in [-0.1, -0.05) is 24.1 Å². The van der Waals surface area contributed by atoms with Gasteiger partial charge in [-0.3, -0.25) is 4.79 Å². The Labute approximate surface area is 161 Å². The maximum absolute atomic E-state index is 12.2. The van der Waals surface area contributed by atoms with Crippen LogP contribution in [0.3, 0.4) is 0 Å². The van der Waals surface area contributed by atoms with Gasteiger partial charge in [-0.25, -0.2) is 0 Å². The van der Waals surface area contributed by atoms with E-state index in [0.29, 0.717) is 12.3 Å². The Hall–Kier alpha value is -0.680. The molecule has 136 valence electrons. The van der Waals surface area contributed by atoms with Gasteiger partial charge in [-0.15, -0.1) is 24.8 Å². The van der Waals surface area contributed by atoms with Crippen LogP contribution in [-0.2, 0) is 4.79 Å². The standard InChI is InChI=1S/C17H24ClN3O.2ClH/c18-13-4-2-5-15(10-13)21-8-7-14(11-21)20-17(22)9-12-3-1-6-16(12)19;;/h2,4-5,10,12,14,16H,1,3,6-9,11,19H2,(H,20,22);2*1H/t12-,14?,16+;;/m0../s1. The number of nitrogens with one attached hydrogen (secondary N) is 1. The maximum atomic E-state index is 12.2. The fraction of sp³-hybridized carbons (Fsp3) is 0.588. The van der Waals surface area contributed by atoms with Crippen LogP contribution in [0, 0.1) is 5.92 Å². The van der Waals surface area contributed by atoms with Crippen molar-refractivity contribution in [2.75, 3.05) is 18.0 Å². The molecular weight excluding hydrogens is 369 g/mol. The zero-order valence-electron chi connectivity index (χ0n) is 13.6. The quantitative estimate of drug-likeness (QED) is 0.823. The van der Waals surface area contributed by atoms with E-state index >= 15 is 0 Å². The third-order valence-electron chi connectivity index (χ3n) is 4.89. The molecule has 1 saturated heterocycles. The Morgan fingerprint density at radius 3 is 2.75 bits per heavy atom. The Morgan fingerprint density at radius 2 is 2.08 bits per heavy atom. The fourth-order valence-corrected chi connectivity index (χ4v) is 3.81. The van der Waals surface area contributed by atoms with Crippen molar-refractivity contribution in [3.8, 4) is 0 Å². The molecule has 4 nitrogen and oxygen atoms in total. The molecule has 1 aliphatic carbocycles. The summed E-state index contributed by atoms with van der Waals surface area (Å²) in [6.45, 7) is 1.80. The molecule has 3 atom stereocenters. The van der Waals surface area contributed by atoms with E-state index in [4.69, 9.17) is 17.3 Å². The number of carbonyl (C=O) groups excluding carboxylic acids is 1. The Balaban J connectivity index is 0.00000144. The summed E-state index contributed by atoms with van der Waals surface area (Å²) in [4.78, 5) is 14.5. The van der Waals surface area contributed by atoms with Crippen molar-refractivity contribution in [1.82, 2.24) is 5.32 Å². The second-order valence-electron chi connectivity index (χ2n) is 6.54. The minimum atomic E-state index is 0. The van der Waals surface area contributed by atoms with Crippen molar-refractivity contribution in [3.63, 3.8) is 0 Å². The lowest BCUT2D eigenvalue weighted by molar-refractivity contribution is -0.122. The van der Waals surface area contributed by atoms with Gasteiger partial charge in [0.25, 0.3) is 0 Å². The summed E-state index contributed by atoms with van der Waals surface area (Å²) in [5.41, 5.74) is 7.17. The van der Waals surface area contributed by atoms with E-state index in [-0.39, 0.29) is 42.8 Å². The average Bonchev–Trinajstić information content (AvgIpc) is 3.09. The molecule has 2 aliphatic rings. The molecule has 1 aromatic carbocycles. The number of carbonyl (C=O) groups is 1. The zero-order chi connectivity index (χ0) is 15.5. The molecule has 0 spiro atoms. The highest BCUT2D eigenvalue weighted by atomic mass is 35.5. The third-order valence-corrected chi connectivity index (χ3v) is 5.13. The number of nitrogens with two attached hydrogens (primary N) is 1. The first-order valence-corrected chi connectivity index (χ1v) is 8.55. The highest BCUT2D eigenvalue weighted by Gasteiger charge is 2.28. The van der Waals surface area contributed by atoms with E-state index in [1.165, 1.54) is 0 Å². The SMILES string of the molecule is Cl.Cl.N[C@@H]1CCC[C@H]1CC(=O)NC1CCN(c2cccc(Cl)c2)C1. The van der Waals surface area contributed by atoms with Gasteiger partial charge in [0, 0.05) is 42.3 Å². The highest BCUT2D eigenvalue weighted by Crippen LogP contribution is 2.27. The Bertz CT molecular complexity index is 544. The van der Waals surface area contributed by atoms with Crippen molar-refractivity contribution in [3.05, 3.63) is 29.3 Å². The summed E-state index contributed by atoms with van der Waals surface area (Å²) in [5, 5.41) is 3.92. The largest absolute Gasteiger partial charge is 0.369 e. The van der Waals surface area contributed by atoms with Crippen LogP contribution in [0.2, 0.25) is 5.02 Å². The molecule has 1 aliphatic heterocycles. The topological polar surface area (TPSA) is 58.4 Å². The minimum absolute atomic E-state index is 0. The van der Waals surface area contributed by atoms with E-state index in [9.17, 15) is 4.79 Å². The van der Waals surface area contributed by atoms with E-state index < -0.39 is 0 Å². The Kier molecular flexibility index (Phi) is 8.65. The average molecular weight is 395 g/mol. The lowest BCUT2D eigenvalue weighted by Crippen LogP contribution is -2.39. The third kappa shape index (κ3) is 5.41. The summed E-state index contributed by atoms with van der Waals surface area (Å²) in [6.07, 6.45) is 4.87. The number of benzene rings is 1. The van der Waals surface area contributed by atoms with Crippen LogP contribution in [0.25, 0.3) is 0 Å². The van der Waals surface area contributed by atoms with Crippen LogP contribution in [0.5, 0.6) is 0 Å². The van der Waals surface area contributed by atoms with Crippen LogP contribution in [0.4, 0.5) is 5.69 Å². The lowest BCUT2D eigenvalue weighted by Gasteiger charge is -2.20. The lowest BCUT2D eigenvalue weighted by atomic mass is 9.99. The molecule has 24 heavy (non-hydrogen) atoms. The molecule has 0 aromatic heterocycles. The summed E-state index contributed by atoms with van der Waals surface area (Å²) in [5.74, 6) is 0.519. The first-order valence-electron chi connectivity index (χ1n) is 8.17. The number of rotatable bonds is 4. The van der Waals surface area contributed by atoms with Crippen LogP contribution >= 0.6 is 36.4 Å². The molecule has 1 heterocycles. The molecule has 0 bridgehead atoms. The molecule has 2 fully saturated rings. The number of amides is 1. The Morgan fingerprint density at radius 1 is 1.29 bits per heavy atom. The monoisotopic (exact) mass is 393 g/mol. The smallest absolute Gasteiger partial charge is 0.220 e. The summed E-state index contributed by atoms with van der Waals surface area (Å²) in [7, 11) is 0. The molecule has 3 N–H and O–H groups in total. The molecule has 3 rings (SSSR count). The minimum Gasteiger partial charge on any atom is -0.369 e. The normalized spacial score (nSPS) is 25.8. The van der Waals surface area contributed by atoms with Gasteiger partial charge in [0.1, 0.15) is 0 Å². The number of hydrogen-bond donors (Lipinski definition) is 2. The number of halogens is 3. The summed E-state index contributed by atoms with van der Waals surface area (Å²) >= 11 is 6.04. The van der Waals surface area contributed by atoms with E-state index in [1.807, 2.05) is 18.2 Å². The van der Waals surface area contributed by atoms with Crippen molar-refractivity contribution >= 4 is 48.0 Å². The number of hydrogen-bond acceptors (Lipinski definition) is 3. The predicted octanol–water partition coefficient (Wildman–Crippen LogP) is 3.40. The summed E-state index contributed by atoms with van der Waals surface area (Å²) < 4.78 is 0. The molecule has 1 aromatic rings. The highest BCUT2D eigenvalue weighted by molar-refractivity contribution is 6.30. The second kappa shape index (κ2) is 9.71. The van der Waals surface area contributed by atoms with Crippen molar-refractivity contribution in [1.29, 1.82) is 0 Å². The summed E-state index contributed by atoms with van der Waals surface area (Å²) in [6, 6.07) is 8.31. The maximum Gasteiger partial charge on any atom is 0.220 e. The molecule has 1 unspecified atom stereocenters. The van der Waals surface area contributed by atoms with Gasteiger partial charge in [-0.05, 0) is 43.4 Å². The van der Waals surface area contributed by atoms with Crippen LogP contribution in [0.15, 0.2) is 24.3 Å². The van der Waals surface area contributed by atoms with Gasteiger partial charge in [0.05, 0.1) is 0 Å². The van der Waals surface area contributed by atoms with Gasteiger partial charge < -0.3 is 16.0 Å². The first-order chi connectivity index (χ1) is 10.6. The zero-order valence-corrected chi connectivity index (χ0v) is 16.0. The number of nitrogens with zero attached hydrogens (tertiary/aromatic N) is 1. The molecule has 1 saturated carbocycles. The van der Waals surface area contributed by atoms with Crippen molar-refractivity contribution in [2.24, 2.45) is 11.7 Å². The van der Waals surface area contributed by atoms with E-state index in [2.05, 4.69) is 16.3 Å². The van der Waals surface area contributed by atoms with Crippen LogP contribution in [-0.4, -0.2) is 31.1 Å².